The highest BCUT2D eigenvalue weighted by molar-refractivity contribution is 5.76. The van der Waals surface area contributed by atoms with Gasteiger partial charge in [-0.05, 0) is 31.2 Å². The zero-order valence-corrected chi connectivity index (χ0v) is 10.3. The summed E-state index contributed by atoms with van der Waals surface area (Å²) in [5.41, 5.74) is -2.84. The van der Waals surface area contributed by atoms with Gasteiger partial charge in [-0.1, -0.05) is 0 Å². The Balaban J connectivity index is 2.06. The molecule has 1 N–H and O–H groups in total. The fraction of sp³-hybridized carbons (Fsp3) is 0.833. The number of carbonyl (C=O) groups is 1. The molecule has 1 atom stereocenters. The first-order chi connectivity index (χ1) is 8.75. The van der Waals surface area contributed by atoms with Crippen molar-refractivity contribution in [3.8, 4) is 6.07 Å². The smallest absolute Gasteiger partial charge is 0.406 e. The van der Waals surface area contributed by atoms with Crippen LogP contribution in [0.2, 0.25) is 0 Å². The van der Waals surface area contributed by atoms with Gasteiger partial charge in [-0.25, -0.2) is 0 Å². The lowest BCUT2D eigenvalue weighted by molar-refractivity contribution is -0.227. The van der Waals surface area contributed by atoms with Crippen LogP contribution in [-0.4, -0.2) is 41.8 Å². The third kappa shape index (κ3) is 2.41. The fourth-order valence-corrected chi connectivity index (χ4v) is 2.76. The van der Waals surface area contributed by atoms with E-state index in [1.54, 1.807) is 4.90 Å². The van der Waals surface area contributed by atoms with E-state index < -0.39 is 30.5 Å². The molecule has 19 heavy (non-hydrogen) atoms. The van der Waals surface area contributed by atoms with Gasteiger partial charge in [0.2, 0.25) is 0 Å². The summed E-state index contributed by atoms with van der Waals surface area (Å²) < 4.78 is 38.9. The van der Waals surface area contributed by atoms with Crippen molar-refractivity contribution < 1.29 is 23.1 Å². The summed E-state index contributed by atoms with van der Waals surface area (Å²) in [7, 11) is 0. The Bertz CT molecular complexity index is 426. The van der Waals surface area contributed by atoms with Crippen molar-refractivity contribution >= 4 is 5.97 Å². The minimum Gasteiger partial charge on any atom is -0.481 e. The largest absolute Gasteiger partial charge is 0.481 e. The lowest BCUT2D eigenvalue weighted by atomic mass is 9.86. The van der Waals surface area contributed by atoms with E-state index in [2.05, 4.69) is 6.07 Å². The number of alkyl halides is 3. The maximum Gasteiger partial charge on any atom is 0.406 e. The molecule has 1 unspecified atom stereocenters. The number of carboxylic acid groups (broad SMARTS) is 1. The van der Waals surface area contributed by atoms with Crippen molar-refractivity contribution in [3.63, 3.8) is 0 Å². The van der Waals surface area contributed by atoms with E-state index in [-0.39, 0.29) is 12.0 Å². The number of nitriles is 1. The average molecular weight is 276 g/mol. The van der Waals surface area contributed by atoms with Gasteiger partial charge in [-0.15, -0.1) is 0 Å². The molecule has 1 saturated carbocycles. The molecule has 2 fully saturated rings. The Hall–Kier alpha value is -1.29. The number of aliphatic carboxylic acids is 1. The summed E-state index contributed by atoms with van der Waals surface area (Å²) in [4.78, 5) is 12.6. The maximum atomic E-state index is 13.0. The third-order valence-corrected chi connectivity index (χ3v) is 4.27. The van der Waals surface area contributed by atoms with E-state index in [4.69, 9.17) is 10.4 Å². The second-order valence-electron chi connectivity index (χ2n) is 5.68. The first-order valence-electron chi connectivity index (χ1n) is 6.14. The zero-order chi connectivity index (χ0) is 14.3. The average Bonchev–Trinajstić information content (AvgIpc) is 2.88. The van der Waals surface area contributed by atoms with Gasteiger partial charge in [-0.2, -0.15) is 18.4 Å². The molecule has 4 nitrogen and oxygen atoms in total. The second kappa shape index (κ2) is 4.37. The monoisotopic (exact) mass is 276 g/mol. The molecule has 1 aliphatic heterocycles. The van der Waals surface area contributed by atoms with Gasteiger partial charge in [0.15, 0.2) is 5.41 Å². The number of likely N-dealkylation sites (tertiary alicyclic amines) is 1. The number of rotatable bonds is 4. The van der Waals surface area contributed by atoms with Crippen molar-refractivity contribution in [1.82, 2.24) is 4.90 Å². The highest BCUT2D eigenvalue weighted by Gasteiger charge is 2.64. The van der Waals surface area contributed by atoms with Crippen LogP contribution in [0.25, 0.3) is 0 Å². The molecule has 0 aromatic heterocycles. The standard InChI is InChI=1S/C12H15F3N2O2/c13-12(14,15)11(9(18)19)4-6-17(8-11)7-10(1-2-10)3-5-16/h1-4,6-8H2,(H,18,19). The van der Waals surface area contributed by atoms with Gasteiger partial charge in [0.25, 0.3) is 0 Å². The fourth-order valence-electron chi connectivity index (χ4n) is 2.76. The van der Waals surface area contributed by atoms with Gasteiger partial charge in [0, 0.05) is 19.5 Å². The van der Waals surface area contributed by atoms with Gasteiger partial charge < -0.3 is 10.0 Å². The van der Waals surface area contributed by atoms with Gasteiger partial charge in [-0.3, -0.25) is 4.79 Å². The number of hydrogen-bond donors (Lipinski definition) is 1. The first-order valence-corrected chi connectivity index (χ1v) is 6.14. The van der Waals surface area contributed by atoms with Crippen LogP contribution in [0.3, 0.4) is 0 Å². The summed E-state index contributed by atoms with van der Waals surface area (Å²) >= 11 is 0. The molecule has 106 valence electrons. The number of nitrogens with zero attached hydrogens (tertiary/aromatic N) is 2. The zero-order valence-electron chi connectivity index (χ0n) is 10.3. The van der Waals surface area contributed by atoms with Crippen LogP contribution in [0, 0.1) is 22.2 Å². The van der Waals surface area contributed by atoms with Crippen LogP contribution >= 0.6 is 0 Å². The molecule has 2 aliphatic rings. The van der Waals surface area contributed by atoms with Crippen LogP contribution in [0.15, 0.2) is 0 Å². The Morgan fingerprint density at radius 1 is 1.37 bits per heavy atom. The van der Waals surface area contributed by atoms with Crippen molar-refractivity contribution in [3.05, 3.63) is 0 Å². The SMILES string of the molecule is N#CCC1(CN2CCC(C(=O)O)(C(F)(F)F)C2)CC1. The molecule has 0 aromatic carbocycles. The van der Waals surface area contributed by atoms with Crippen molar-refractivity contribution in [2.75, 3.05) is 19.6 Å². The lowest BCUT2D eigenvalue weighted by Crippen LogP contribution is -2.47. The van der Waals surface area contributed by atoms with E-state index >= 15 is 0 Å². The van der Waals surface area contributed by atoms with E-state index in [1.165, 1.54) is 0 Å². The molecule has 0 bridgehead atoms. The molecule has 0 aromatic rings. The van der Waals surface area contributed by atoms with E-state index in [0.29, 0.717) is 13.0 Å². The molecule has 0 spiro atoms. The summed E-state index contributed by atoms with van der Waals surface area (Å²) in [6.45, 7) is 0.0175. The van der Waals surface area contributed by atoms with Crippen molar-refractivity contribution in [2.45, 2.75) is 31.9 Å². The number of hydrogen-bond acceptors (Lipinski definition) is 3. The Kier molecular flexibility index (Phi) is 3.25. The highest BCUT2D eigenvalue weighted by Crippen LogP contribution is 2.52. The van der Waals surface area contributed by atoms with E-state index in [9.17, 15) is 18.0 Å². The Morgan fingerprint density at radius 2 is 2.00 bits per heavy atom. The number of halogens is 3. The van der Waals surface area contributed by atoms with Crippen LogP contribution in [0.5, 0.6) is 0 Å². The van der Waals surface area contributed by atoms with Crippen molar-refractivity contribution in [1.29, 1.82) is 5.26 Å². The molecule has 7 heteroatoms. The van der Waals surface area contributed by atoms with Crippen LogP contribution in [0.1, 0.15) is 25.7 Å². The number of carboxylic acids is 1. The predicted octanol–water partition coefficient (Wildman–Crippen LogP) is 2.02. The minimum absolute atomic E-state index is 0.124. The lowest BCUT2D eigenvalue weighted by Gasteiger charge is -2.28. The van der Waals surface area contributed by atoms with E-state index in [1.807, 2.05) is 0 Å². The molecular weight excluding hydrogens is 261 g/mol. The normalized spacial score (nSPS) is 30.0. The molecule has 1 saturated heterocycles. The summed E-state index contributed by atoms with van der Waals surface area (Å²) in [5.74, 6) is -1.80. The molecule has 0 radical (unpaired) electrons. The Labute approximate surface area is 108 Å². The van der Waals surface area contributed by atoms with Gasteiger partial charge >= 0.3 is 12.1 Å². The van der Waals surface area contributed by atoms with Crippen LogP contribution in [0.4, 0.5) is 13.2 Å². The highest BCUT2D eigenvalue weighted by atomic mass is 19.4. The molecule has 1 heterocycles. The molecule has 0 amide bonds. The Morgan fingerprint density at radius 3 is 2.37 bits per heavy atom. The first kappa shape index (κ1) is 14.1. The molecule has 2 rings (SSSR count). The second-order valence-corrected chi connectivity index (χ2v) is 5.68. The third-order valence-electron chi connectivity index (χ3n) is 4.27. The summed E-state index contributed by atoms with van der Waals surface area (Å²) in [5, 5.41) is 17.6. The predicted molar refractivity (Wildman–Crippen MR) is 59.1 cm³/mol. The molecular formula is C12H15F3N2O2. The van der Waals surface area contributed by atoms with E-state index in [0.717, 1.165) is 12.8 Å². The van der Waals surface area contributed by atoms with Crippen LogP contribution in [-0.2, 0) is 4.79 Å². The summed E-state index contributed by atoms with van der Waals surface area (Å²) in [6, 6.07) is 2.05. The molecule has 1 aliphatic carbocycles. The van der Waals surface area contributed by atoms with Crippen molar-refractivity contribution in [2.24, 2.45) is 10.8 Å². The van der Waals surface area contributed by atoms with Gasteiger partial charge in [0.1, 0.15) is 0 Å². The summed E-state index contributed by atoms with van der Waals surface area (Å²) in [6.07, 6.45) is -3.14. The quantitative estimate of drug-likeness (QED) is 0.853. The maximum absolute atomic E-state index is 13.0. The minimum atomic E-state index is -4.74. The van der Waals surface area contributed by atoms with Gasteiger partial charge in [0.05, 0.1) is 6.07 Å². The topological polar surface area (TPSA) is 64.3 Å². The van der Waals surface area contributed by atoms with Crippen LogP contribution < -0.4 is 0 Å².